The number of anilines is 1. The molecule has 0 bridgehead atoms. The third-order valence-electron chi connectivity index (χ3n) is 1.36. The van der Waals surface area contributed by atoms with Crippen LogP contribution in [0.3, 0.4) is 0 Å². The second kappa shape index (κ2) is 5.75. The van der Waals surface area contributed by atoms with Crippen molar-refractivity contribution in [2.75, 3.05) is 11.9 Å². The van der Waals surface area contributed by atoms with Crippen molar-refractivity contribution in [1.29, 1.82) is 0 Å². The molecule has 1 rings (SSSR count). The first kappa shape index (κ1) is 12.2. The molecule has 0 aliphatic rings. The maximum absolute atomic E-state index is 12.0. The smallest absolute Gasteiger partial charge is 0.333 e. The zero-order chi connectivity index (χ0) is 8.97. The highest BCUT2D eigenvalue weighted by molar-refractivity contribution is 5.85. The zero-order valence-electron chi connectivity index (χ0n) is 7.20. The van der Waals surface area contributed by atoms with Gasteiger partial charge in [0.1, 0.15) is 5.82 Å². The van der Waals surface area contributed by atoms with Crippen molar-refractivity contribution in [3.05, 3.63) is 12.3 Å². The first-order valence-electron chi connectivity index (χ1n) is 3.81. The minimum Gasteiger partial charge on any atom is -0.369 e. The Morgan fingerprint density at radius 2 is 2.31 bits per heavy atom. The lowest BCUT2D eigenvalue weighted by Gasteiger charge is -1.99. The standard InChI is InChI=1S/C7H11F2N3.ClH/c1-2-4-10-6-3-5-12(11-6)7(8)9;/h3,5,7H,2,4H2,1H3,(H,10,11);1H. The highest BCUT2D eigenvalue weighted by atomic mass is 35.5. The Labute approximate surface area is 81.5 Å². The van der Waals surface area contributed by atoms with Crippen LogP contribution in [0.15, 0.2) is 12.3 Å². The second-order valence-corrected chi connectivity index (χ2v) is 2.39. The number of aromatic nitrogens is 2. The Bertz CT molecular complexity index is 239. The molecule has 0 fully saturated rings. The topological polar surface area (TPSA) is 29.9 Å². The molecule has 0 saturated carbocycles. The average Bonchev–Trinajstić information content (AvgIpc) is 2.48. The monoisotopic (exact) mass is 211 g/mol. The van der Waals surface area contributed by atoms with Gasteiger partial charge < -0.3 is 5.32 Å². The normalized spacial score (nSPS) is 9.85. The molecule has 6 heteroatoms. The molecule has 1 heterocycles. The highest BCUT2D eigenvalue weighted by Crippen LogP contribution is 2.10. The number of hydrogen-bond acceptors (Lipinski definition) is 2. The molecule has 1 N–H and O–H groups in total. The van der Waals surface area contributed by atoms with Crippen molar-refractivity contribution in [3.8, 4) is 0 Å². The second-order valence-electron chi connectivity index (χ2n) is 2.39. The van der Waals surface area contributed by atoms with E-state index in [2.05, 4.69) is 10.4 Å². The maximum Gasteiger partial charge on any atom is 0.333 e. The summed E-state index contributed by atoms with van der Waals surface area (Å²) in [5.74, 6) is 0.497. The fourth-order valence-electron chi connectivity index (χ4n) is 0.794. The van der Waals surface area contributed by atoms with Crippen LogP contribution >= 0.6 is 12.4 Å². The van der Waals surface area contributed by atoms with Crippen LogP contribution in [0.4, 0.5) is 14.6 Å². The van der Waals surface area contributed by atoms with Crippen molar-refractivity contribution >= 4 is 18.2 Å². The molecule has 0 aromatic carbocycles. The molecular weight excluding hydrogens is 200 g/mol. The third kappa shape index (κ3) is 3.59. The Morgan fingerprint density at radius 1 is 1.62 bits per heavy atom. The van der Waals surface area contributed by atoms with E-state index in [-0.39, 0.29) is 12.4 Å². The summed E-state index contributed by atoms with van der Waals surface area (Å²) in [5.41, 5.74) is 0. The van der Waals surface area contributed by atoms with Crippen LogP contribution < -0.4 is 5.32 Å². The van der Waals surface area contributed by atoms with Gasteiger partial charge in [-0.3, -0.25) is 0 Å². The Hall–Kier alpha value is -0.840. The summed E-state index contributed by atoms with van der Waals surface area (Å²) in [4.78, 5) is 0. The van der Waals surface area contributed by atoms with Gasteiger partial charge >= 0.3 is 6.55 Å². The summed E-state index contributed by atoms with van der Waals surface area (Å²) >= 11 is 0. The summed E-state index contributed by atoms with van der Waals surface area (Å²) in [6.07, 6.45) is 2.20. The lowest BCUT2D eigenvalue weighted by atomic mass is 10.5. The Balaban J connectivity index is 0.00000144. The van der Waals surface area contributed by atoms with Gasteiger partial charge in [0.15, 0.2) is 0 Å². The largest absolute Gasteiger partial charge is 0.369 e. The molecule has 0 spiro atoms. The Kier molecular flexibility index (Phi) is 5.37. The number of rotatable bonds is 4. The fraction of sp³-hybridized carbons (Fsp3) is 0.571. The highest BCUT2D eigenvalue weighted by Gasteiger charge is 2.05. The molecule has 0 atom stereocenters. The molecule has 1 aromatic heterocycles. The minimum atomic E-state index is -2.55. The third-order valence-corrected chi connectivity index (χ3v) is 1.36. The van der Waals surface area contributed by atoms with Crippen LogP contribution in [0.5, 0.6) is 0 Å². The molecule has 76 valence electrons. The lowest BCUT2D eigenvalue weighted by Crippen LogP contribution is -2.03. The summed E-state index contributed by atoms with van der Waals surface area (Å²) in [6.45, 7) is 0.194. The number of nitrogens with zero attached hydrogens (tertiary/aromatic N) is 2. The van der Waals surface area contributed by atoms with Gasteiger partial charge in [0, 0.05) is 18.8 Å². The van der Waals surface area contributed by atoms with Gasteiger partial charge in [-0.05, 0) is 6.42 Å². The predicted octanol–water partition coefficient (Wildman–Crippen LogP) is 2.52. The van der Waals surface area contributed by atoms with Crippen LogP contribution in [-0.4, -0.2) is 16.3 Å². The van der Waals surface area contributed by atoms with Gasteiger partial charge in [0.25, 0.3) is 0 Å². The zero-order valence-corrected chi connectivity index (χ0v) is 8.02. The van der Waals surface area contributed by atoms with Gasteiger partial charge in [-0.25, -0.2) is 4.68 Å². The van der Waals surface area contributed by atoms with Gasteiger partial charge in [-0.2, -0.15) is 13.9 Å². The van der Waals surface area contributed by atoms with Crippen LogP contribution in [0.2, 0.25) is 0 Å². The van der Waals surface area contributed by atoms with E-state index in [0.717, 1.165) is 13.0 Å². The number of hydrogen-bond donors (Lipinski definition) is 1. The van der Waals surface area contributed by atoms with E-state index in [1.807, 2.05) is 6.92 Å². The molecule has 0 aliphatic heterocycles. The van der Waals surface area contributed by atoms with E-state index >= 15 is 0 Å². The maximum atomic E-state index is 12.0. The van der Waals surface area contributed by atoms with E-state index in [9.17, 15) is 8.78 Å². The molecule has 0 unspecified atom stereocenters. The number of alkyl halides is 2. The van der Waals surface area contributed by atoms with Gasteiger partial charge in [0.05, 0.1) is 0 Å². The minimum absolute atomic E-state index is 0. The molecular formula is C7H12ClF2N3. The lowest BCUT2D eigenvalue weighted by molar-refractivity contribution is 0.0569. The molecule has 0 saturated heterocycles. The molecule has 3 nitrogen and oxygen atoms in total. The number of halogens is 3. The number of nitrogens with one attached hydrogen (secondary N) is 1. The summed E-state index contributed by atoms with van der Waals surface area (Å²) in [7, 11) is 0. The SMILES string of the molecule is CCCNc1ccn(C(F)F)n1.Cl. The molecule has 0 radical (unpaired) electrons. The molecule has 13 heavy (non-hydrogen) atoms. The van der Waals surface area contributed by atoms with Gasteiger partial charge in [0.2, 0.25) is 0 Å². The predicted molar refractivity (Wildman–Crippen MR) is 49.5 cm³/mol. The van der Waals surface area contributed by atoms with E-state index < -0.39 is 6.55 Å². The van der Waals surface area contributed by atoms with Crippen molar-refractivity contribution < 1.29 is 8.78 Å². The van der Waals surface area contributed by atoms with E-state index in [1.165, 1.54) is 12.3 Å². The fourth-order valence-corrected chi connectivity index (χ4v) is 0.794. The van der Waals surface area contributed by atoms with Crippen LogP contribution in [0.1, 0.15) is 19.9 Å². The van der Waals surface area contributed by atoms with Crippen molar-refractivity contribution in [1.82, 2.24) is 9.78 Å². The van der Waals surface area contributed by atoms with Gasteiger partial charge in [-0.15, -0.1) is 12.4 Å². The summed E-state index contributed by atoms with van der Waals surface area (Å²) in [6, 6.07) is 1.53. The van der Waals surface area contributed by atoms with Crippen LogP contribution in [0.25, 0.3) is 0 Å². The van der Waals surface area contributed by atoms with Crippen molar-refractivity contribution in [3.63, 3.8) is 0 Å². The van der Waals surface area contributed by atoms with Crippen molar-refractivity contribution in [2.45, 2.75) is 19.9 Å². The van der Waals surface area contributed by atoms with Crippen molar-refractivity contribution in [2.24, 2.45) is 0 Å². The Morgan fingerprint density at radius 3 is 2.77 bits per heavy atom. The first-order chi connectivity index (χ1) is 5.74. The van der Waals surface area contributed by atoms with E-state index in [0.29, 0.717) is 10.5 Å². The van der Waals surface area contributed by atoms with Gasteiger partial charge in [-0.1, -0.05) is 6.92 Å². The first-order valence-corrected chi connectivity index (χ1v) is 3.81. The van der Waals surface area contributed by atoms with E-state index in [4.69, 9.17) is 0 Å². The van der Waals surface area contributed by atoms with E-state index in [1.54, 1.807) is 0 Å². The summed E-state index contributed by atoms with van der Waals surface area (Å²) in [5, 5.41) is 6.51. The average molecular weight is 212 g/mol. The molecule has 1 aromatic rings. The van der Waals surface area contributed by atoms with Crippen LogP contribution in [0, 0.1) is 0 Å². The molecule has 0 amide bonds. The summed E-state index contributed by atoms with van der Waals surface area (Å²) < 4.78 is 24.6. The molecule has 0 aliphatic carbocycles. The van der Waals surface area contributed by atoms with Crippen LogP contribution in [-0.2, 0) is 0 Å². The quantitative estimate of drug-likeness (QED) is 0.830.